The van der Waals surface area contributed by atoms with Crippen LogP contribution in [0, 0.1) is 5.92 Å². The van der Waals surface area contributed by atoms with Crippen LogP contribution in [0.1, 0.15) is 30.2 Å². The second-order valence-corrected chi connectivity index (χ2v) is 12.7. The molecule has 1 aromatic heterocycles. The number of nitrogens with one attached hydrogen (secondary N) is 1. The predicted molar refractivity (Wildman–Crippen MR) is 174 cm³/mol. The molecule has 6 rings (SSSR count). The normalized spacial score (nSPS) is 19.0. The molecule has 0 unspecified atom stereocenters. The number of imide groups is 1. The van der Waals surface area contributed by atoms with E-state index in [4.69, 9.17) is 4.74 Å². The molecule has 0 bridgehead atoms. The molecule has 3 aromatic carbocycles. The lowest BCUT2D eigenvalue weighted by Crippen LogP contribution is -2.33. The number of para-hydroxylation sites is 1. The molecule has 9 nitrogen and oxygen atoms in total. The average molecular weight is 629 g/mol. The van der Waals surface area contributed by atoms with Crippen LogP contribution < -0.4 is 24.7 Å². The molecular weight excluding hydrogens is 597 g/mol. The first-order valence-electron chi connectivity index (χ1n) is 14.5. The van der Waals surface area contributed by atoms with Crippen molar-refractivity contribution in [1.29, 1.82) is 0 Å². The second kappa shape index (κ2) is 12.3. The monoisotopic (exact) mass is 628 g/mol. The fourth-order valence-corrected chi connectivity index (χ4v) is 8.72. The average Bonchev–Trinajstić information content (AvgIpc) is 3.48. The Morgan fingerprint density at radius 3 is 2.23 bits per heavy atom. The molecule has 3 atom stereocenters. The summed E-state index contributed by atoms with van der Waals surface area (Å²) in [5.74, 6) is -1.63. The van der Waals surface area contributed by atoms with Crippen molar-refractivity contribution in [1.82, 2.24) is 4.57 Å². The third-order valence-corrected chi connectivity index (χ3v) is 10.7. The SMILES string of the molecule is CCN(CC)c1ccc([C@@H]2c3sc(=O)n(CC(=O)Nc4ccccc4)c3S[C@H]3C(=O)N(c4ccc(OC)cc4)C(=O)[C@@H]23)cc1. The summed E-state index contributed by atoms with van der Waals surface area (Å²) in [6, 6.07) is 23.9. The van der Waals surface area contributed by atoms with E-state index in [0.717, 1.165) is 35.7 Å². The predicted octanol–water partition coefficient (Wildman–Crippen LogP) is 5.20. The van der Waals surface area contributed by atoms with E-state index in [9.17, 15) is 19.2 Å². The first kappa shape index (κ1) is 29.7. The maximum absolute atomic E-state index is 14.1. The molecule has 4 aromatic rings. The van der Waals surface area contributed by atoms with Crippen LogP contribution in [-0.2, 0) is 20.9 Å². The first-order valence-corrected chi connectivity index (χ1v) is 16.2. The highest BCUT2D eigenvalue weighted by Crippen LogP contribution is 2.54. The summed E-state index contributed by atoms with van der Waals surface area (Å²) in [6.07, 6.45) is 0. The van der Waals surface area contributed by atoms with Crippen molar-refractivity contribution in [3.05, 3.63) is 99.0 Å². The molecule has 1 fully saturated rings. The zero-order valence-electron chi connectivity index (χ0n) is 24.6. The molecule has 1 saturated heterocycles. The third-order valence-electron chi connectivity index (χ3n) is 8.12. The van der Waals surface area contributed by atoms with Gasteiger partial charge in [-0.25, -0.2) is 4.90 Å². The molecule has 1 N–H and O–H groups in total. The number of carbonyl (C=O) groups excluding carboxylic acids is 3. The molecule has 0 spiro atoms. The number of anilines is 3. The van der Waals surface area contributed by atoms with Gasteiger partial charge in [0.15, 0.2) is 0 Å². The molecule has 44 heavy (non-hydrogen) atoms. The number of thiazole rings is 1. The van der Waals surface area contributed by atoms with Gasteiger partial charge in [0, 0.05) is 35.3 Å². The van der Waals surface area contributed by atoms with Gasteiger partial charge in [-0.15, -0.1) is 0 Å². The van der Waals surface area contributed by atoms with E-state index in [1.54, 1.807) is 43.5 Å². The Balaban J connectivity index is 1.41. The van der Waals surface area contributed by atoms with Crippen LogP contribution in [0.5, 0.6) is 5.75 Å². The van der Waals surface area contributed by atoms with Crippen LogP contribution >= 0.6 is 23.1 Å². The molecule has 0 aliphatic carbocycles. The summed E-state index contributed by atoms with van der Waals surface area (Å²) in [4.78, 5) is 58.4. The van der Waals surface area contributed by atoms with Crippen LogP contribution in [0.2, 0.25) is 0 Å². The Bertz CT molecular complexity index is 1750. The smallest absolute Gasteiger partial charge is 0.308 e. The lowest BCUT2D eigenvalue weighted by atomic mass is 9.83. The van der Waals surface area contributed by atoms with Crippen molar-refractivity contribution in [3.63, 3.8) is 0 Å². The van der Waals surface area contributed by atoms with E-state index in [2.05, 4.69) is 24.1 Å². The number of hydrogen-bond acceptors (Lipinski definition) is 8. The Labute approximate surface area is 263 Å². The van der Waals surface area contributed by atoms with Gasteiger partial charge in [0.2, 0.25) is 17.7 Å². The summed E-state index contributed by atoms with van der Waals surface area (Å²) >= 11 is 2.24. The van der Waals surface area contributed by atoms with Crippen molar-refractivity contribution in [2.45, 2.75) is 36.6 Å². The van der Waals surface area contributed by atoms with Gasteiger partial charge in [0.1, 0.15) is 17.5 Å². The van der Waals surface area contributed by atoms with Gasteiger partial charge in [-0.3, -0.25) is 23.7 Å². The summed E-state index contributed by atoms with van der Waals surface area (Å²) in [5.41, 5.74) is 2.99. The van der Waals surface area contributed by atoms with Gasteiger partial charge in [0.05, 0.1) is 23.7 Å². The lowest BCUT2D eigenvalue weighted by molar-refractivity contribution is -0.122. The maximum atomic E-state index is 14.1. The number of carbonyl (C=O) groups is 3. The first-order chi connectivity index (χ1) is 21.3. The molecule has 3 amide bonds. The third kappa shape index (κ3) is 5.30. The number of rotatable bonds is 9. The highest BCUT2D eigenvalue weighted by atomic mass is 32.2. The van der Waals surface area contributed by atoms with Gasteiger partial charge in [-0.2, -0.15) is 0 Å². The van der Waals surface area contributed by atoms with Crippen LogP contribution in [0.4, 0.5) is 17.1 Å². The highest BCUT2D eigenvalue weighted by molar-refractivity contribution is 8.00. The largest absolute Gasteiger partial charge is 0.497 e. The summed E-state index contributed by atoms with van der Waals surface area (Å²) in [6.45, 7) is 5.69. The topological polar surface area (TPSA) is 101 Å². The van der Waals surface area contributed by atoms with Gasteiger partial charge in [-0.1, -0.05) is 53.4 Å². The second-order valence-electron chi connectivity index (χ2n) is 10.6. The molecule has 226 valence electrons. The van der Waals surface area contributed by atoms with Crippen molar-refractivity contribution >= 4 is 57.9 Å². The van der Waals surface area contributed by atoms with E-state index in [1.165, 1.54) is 21.2 Å². The Morgan fingerprint density at radius 1 is 0.909 bits per heavy atom. The number of aromatic nitrogens is 1. The number of amides is 3. The molecule has 0 radical (unpaired) electrons. The van der Waals surface area contributed by atoms with Crippen molar-refractivity contribution in [3.8, 4) is 5.75 Å². The Kier molecular flexibility index (Phi) is 8.33. The lowest BCUT2D eigenvalue weighted by Gasteiger charge is -2.31. The van der Waals surface area contributed by atoms with Crippen LogP contribution in [0.15, 0.2) is 88.7 Å². The standard InChI is InChI=1S/C33H32N4O5S2/c1-4-35(5-2)22-13-11-20(12-14-22)26-27-28(31(40)37(30(27)39)23-15-17-24(42-3)18-16-23)43-32-29(26)44-33(41)36(32)19-25(38)34-21-9-7-6-8-10-21/h6-18,26-28H,4-5,19H2,1-3H3,(H,34,38)/t26-,27-,28+/m0/s1. The fraction of sp³-hybridized carbons (Fsp3) is 0.273. The minimum Gasteiger partial charge on any atom is -0.497 e. The molecule has 11 heteroatoms. The Morgan fingerprint density at radius 2 is 1.59 bits per heavy atom. The fourth-order valence-electron chi connectivity index (χ4n) is 5.95. The zero-order valence-corrected chi connectivity index (χ0v) is 26.2. The van der Waals surface area contributed by atoms with Gasteiger partial charge in [0.25, 0.3) is 0 Å². The number of fused-ring (bicyclic) bond motifs is 2. The van der Waals surface area contributed by atoms with Gasteiger partial charge >= 0.3 is 4.87 Å². The minimum absolute atomic E-state index is 0.206. The van der Waals surface area contributed by atoms with Crippen LogP contribution in [0.25, 0.3) is 0 Å². The number of thioether (sulfide) groups is 1. The van der Waals surface area contributed by atoms with Crippen molar-refractivity contribution < 1.29 is 19.1 Å². The number of nitrogens with zero attached hydrogens (tertiary/aromatic N) is 3. The van der Waals surface area contributed by atoms with E-state index in [0.29, 0.717) is 27.0 Å². The van der Waals surface area contributed by atoms with E-state index < -0.39 is 17.1 Å². The number of hydrogen-bond donors (Lipinski definition) is 1. The number of benzene rings is 3. The molecular formula is C33H32N4O5S2. The van der Waals surface area contributed by atoms with Gasteiger partial charge in [-0.05, 0) is 67.9 Å². The molecule has 3 heterocycles. The van der Waals surface area contributed by atoms with Gasteiger partial charge < -0.3 is 15.0 Å². The zero-order chi connectivity index (χ0) is 31.0. The summed E-state index contributed by atoms with van der Waals surface area (Å²) in [5, 5.41) is 2.63. The van der Waals surface area contributed by atoms with Crippen molar-refractivity contribution in [2.75, 3.05) is 35.3 Å². The van der Waals surface area contributed by atoms with Crippen molar-refractivity contribution in [2.24, 2.45) is 5.92 Å². The summed E-state index contributed by atoms with van der Waals surface area (Å²) in [7, 11) is 1.56. The highest BCUT2D eigenvalue weighted by Gasteiger charge is 2.56. The number of ether oxygens (including phenoxy) is 1. The van der Waals surface area contributed by atoms with E-state index >= 15 is 0 Å². The van der Waals surface area contributed by atoms with E-state index in [1.807, 2.05) is 42.5 Å². The van der Waals surface area contributed by atoms with Crippen LogP contribution in [0.3, 0.4) is 0 Å². The Hall–Kier alpha value is -4.35. The molecule has 0 saturated carbocycles. The quantitative estimate of drug-likeness (QED) is 0.255. The van der Waals surface area contributed by atoms with Crippen LogP contribution in [-0.4, -0.2) is 47.7 Å². The van der Waals surface area contributed by atoms with E-state index in [-0.39, 0.29) is 29.1 Å². The number of methoxy groups -OCH3 is 1. The minimum atomic E-state index is -0.762. The molecule has 2 aliphatic heterocycles. The summed E-state index contributed by atoms with van der Waals surface area (Å²) < 4.78 is 6.70. The molecule has 2 aliphatic rings. The maximum Gasteiger partial charge on any atom is 0.308 e.